The highest BCUT2D eigenvalue weighted by Crippen LogP contribution is 2.24. The fraction of sp³-hybridized carbons (Fsp3) is 0.200. The molecule has 0 amide bonds. The van der Waals surface area contributed by atoms with Gasteiger partial charge in [0.05, 0.1) is 12.6 Å². The van der Waals surface area contributed by atoms with E-state index in [9.17, 15) is 9.90 Å². The number of carbonyl (C=O) groups is 1. The minimum atomic E-state index is -0.673. The first-order valence-corrected chi connectivity index (χ1v) is 12.7. The molecule has 4 aromatic rings. The molecule has 0 aliphatic heterocycles. The number of aromatic nitrogens is 1. The van der Waals surface area contributed by atoms with Crippen LogP contribution in [-0.2, 0) is 0 Å². The van der Waals surface area contributed by atoms with E-state index in [1.54, 1.807) is 43.6 Å². The van der Waals surface area contributed by atoms with Crippen LogP contribution in [0.3, 0.4) is 0 Å². The summed E-state index contributed by atoms with van der Waals surface area (Å²) in [6.07, 6.45) is 4.37. The first kappa shape index (κ1) is 27.1. The van der Waals surface area contributed by atoms with Crippen molar-refractivity contribution in [2.45, 2.75) is 6.10 Å². The van der Waals surface area contributed by atoms with Gasteiger partial charge in [-0.25, -0.2) is 0 Å². The van der Waals surface area contributed by atoms with Crippen molar-refractivity contribution < 1.29 is 19.4 Å². The van der Waals surface area contributed by atoms with Crippen molar-refractivity contribution in [1.82, 2.24) is 10.3 Å². The third-order valence-electron chi connectivity index (χ3n) is 5.83. The van der Waals surface area contributed by atoms with E-state index >= 15 is 0 Å². The summed E-state index contributed by atoms with van der Waals surface area (Å²) in [6.45, 7) is 1.87. The lowest BCUT2D eigenvalue weighted by Gasteiger charge is -2.14. The average molecular weight is 532 g/mol. The lowest BCUT2D eigenvalue weighted by Crippen LogP contribution is -2.34. The zero-order valence-electron chi connectivity index (χ0n) is 21.1. The highest BCUT2D eigenvalue weighted by molar-refractivity contribution is 6.31. The van der Waals surface area contributed by atoms with E-state index in [1.807, 2.05) is 48.5 Å². The van der Waals surface area contributed by atoms with Crippen molar-refractivity contribution in [3.8, 4) is 11.5 Å². The van der Waals surface area contributed by atoms with Gasteiger partial charge in [0.1, 0.15) is 24.2 Å². The lowest BCUT2D eigenvalue weighted by molar-refractivity contribution is 0.104. The molecule has 0 saturated carbocycles. The minimum absolute atomic E-state index is 0.103. The van der Waals surface area contributed by atoms with Crippen LogP contribution < -0.4 is 20.1 Å². The number of aliphatic hydroxyl groups is 1. The van der Waals surface area contributed by atoms with Gasteiger partial charge >= 0.3 is 0 Å². The van der Waals surface area contributed by atoms with Crippen molar-refractivity contribution in [2.24, 2.45) is 0 Å². The number of hydrogen-bond acceptors (Lipinski definition) is 7. The molecule has 3 aromatic carbocycles. The quantitative estimate of drug-likeness (QED) is 0.123. The van der Waals surface area contributed by atoms with Crippen molar-refractivity contribution in [1.29, 1.82) is 0 Å². The number of pyridine rings is 1. The molecule has 0 spiro atoms. The molecule has 0 radical (unpaired) electrons. The van der Waals surface area contributed by atoms with Crippen LogP contribution in [0.25, 0.3) is 17.0 Å². The molecule has 8 heteroatoms. The maximum atomic E-state index is 12.4. The Bertz CT molecular complexity index is 1370. The molecule has 3 N–H and O–H groups in total. The smallest absolute Gasteiger partial charge is 0.185 e. The van der Waals surface area contributed by atoms with Crippen LogP contribution in [0.1, 0.15) is 15.9 Å². The van der Waals surface area contributed by atoms with E-state index in [2.05, 4.69) is 15.6 Å². The molecule has 1 unspecified atom stereocenters. The number of anilines is 1. The van der Waals surface area contributed by atoms with E-state index in [0.717, 1.165) is 27.9 Å². The summed E-state index contributed by atoms with van der Waals surface area (Å²) in [5.74, 6) is 1.25. The molecule has 1 heterocycles. The molecular weight excluding hydrogens is 502 g/mol. The van der Waals surface area contributed by atoms with Crippen LogP contribution >= 0.6 is 11.6 Å². The van der Waals surface area contributed by atoms with Crippen molar-refractivity contribution in [3.63, 3.8) is 0 Å². The van der Waals surface area contributed by atoms with Crippen LogP contribution in [0.4, 0.5) is 5.69 Å². The van der Waals surface area contributed by atoms with E-state index < -0.39 is 6.10 Å². The summed E-state index contributed by atoms with van der Waals surface area (Å²) < 4.78 is 10.8. The molecular formula is C30H30ClN3O4. The number of nitrogens with zero attached hydrogens (tertiary/aromatic N) is 1. The number of allylic oxidation sites excluding steroid dienone is 1. The first-order chi connectivity index (χ1) is 18.5. The van der Waals surface area contributed by atoms with Gasteiger partial charge < -0.3 is 25.2 Å². The number of benzene rings is 3. The van der Waals surface area contributed by atoms with Crippen molar-refractivity contribution >= 4 is 40.1 Å². The molecule has 0 aliphatic rings. The summed E-state index contributed by atoms with van der Waals surface area (Å²) in [5, 5.41) is 18.5. The van der Waals surface area contributed by atoms with E-state index in [1.165, 1.54) is 6.08 Å². The van der Waals surface area contributed by atoms with Gasteiger partial charge in [-0.05, 0) is 72.3 Å². The van der Waals surface area contributed by atoms with Gasteiger partial charge in [-0.2, -0.15) is 0 Å². The van der Waals surface area contributed by atoms with Gasteiger partial charge in [-0.3, -0.25) is 9.78 Å². The van der Waals surface area contributed by atoms with Crippen molar-refractivity contribution in [3.05, 3.63) is 101 Å². The van der Waals surface area contributed by atoms with E-state index in [4.69, 9.17) is 21.1 Å². The van der Waals surface area contributed by atoms with Gasteiger partial charge in [0, 0.05) is 47.5 Å². The molecule has 38 heavy (non-hydrogen) atoms. The topological polar surface area (TPSA) is 92.7 Å². The molecule has 1 aromatic heterocycles. The normalized spacial score (nSPS) is 12.0. The highest BCUT2D eigenvalue weighted by Gasteiger charge is 2.07. The molecule has 0 saturated heterocycles. The fourth-order valence-electron chi connectivity index (χ4n) is 3.78. The SMILES string of the molecule is COc1ccc(/C=C/C(=O)c2ccc(OCC(O)CNCCNc3ccnc4cc(Cl)ccc34)cc2)cc1. The number of ether oxygens (including phenoxy) is 2. The number of halogens is 1. The third-order valence-corrected chi connectivity index (χ3v) is 6.06. The first-order valence-electron chi connectivity index (χ1n) is 12.3. The van der Waals surface area contributed by atoms with Gasteiger partial charge in [-0.1, -0.05) is 29.8 Å². The Labute approximate surface area is 227 Å². The number of rotatable bonds is 13. The van der Waals surface area contributed by atoms with Crippen molar-refractivity contribution in [2.75, 3.05) is 38.7 Å². The number of carbonyl (C=O) groups excluding carboxylic acids is 1. The minimum Gasteiger partial charge on any atom is -0.497 e. The lowest BCUT2D eigenvalue weighted by atomic mass is 10.1. The zero-order chi connectivity index (χ0) is 26.7. The molecule has 4 rings (SSSR count). The number of ketones is 1. The number of aliphatic hydroxyl groups excluding tert-OH is 1. The zero-order valence-corrected chi connectivity index (χ0v) is 21.8. The summed E-state index contributed by atoms with van der Waals surface area (Å²) in [6, 6.07) is 21.9. The number of nitrogens with one attached hydrogen (secondary N) is 2. The van der Waals surface area contributed by atoms with Crippen LogP contribution in [0.5, 0.6) is 11.5 Å². The Morgan fingerprint density at radius 2 is 1.79 bits per heavy atom. The molecule has 0 aliphatic carbocycles. The molecule has 7 nitrogen and oxygen atoms in total. The number of hydrogen-bond donors (Lipinski definition) is 3. The Morgan fingerprint density at radius 3 is 2.55 bits per heavy atom. The van der Waals surface area contributed by atoms with E-state index in [-0.39, 0.29) is 12.4 Å². The average Bonchev–Trinajstić information content (AvgIpc) is 2.95. The molecule has 0 bridgehead atoms. The Kier molecular flexibility index (Phi) is 9.70. The monoisotopic (exact) mass is 531 g/mol. The van der Waals surface area contributed by atoms with Crippen LogP contribution in [0.2, 0.25) is 5.02 Å². The second-order valence-electron chi connectivity index (χ2n) is 8.61. The fourth-order valence-corrected chi connectivity index (χ4v) is 3.95. The Balaban J connectivity index is 1.15. The van der Waals surface area contributed by atoms with E-state index in [0.29, 0.717) is 36.0 Å². The summed E-state index contributed by atoms with van der Waals surface area (Å²) in [7, 11) is 1.61. The largest absolute Gasteiger partial charge is 0.497 e. The summed E-state index contributed by atoms with van der Waals surface area (Å²) in [4.78, 5) is 16.8. The van der Waals surface area contributed by atoms with Gasteiger partial charge in [0.15, 0.2) is 5.78 Å². The second-order valence-corrected chi connectivity index (χ2v) is 9.05. The second kappa shape index (κ2) is 13.6. The summed E-state index contributed by atoms with van der Waals surface area (Å²) >= 11 is 6.05. The molecule has 1 atom stereocenters. The number of methoxy groups -OCH3 is 1. The predicted molar refractivity (Wildman–Crippen MR) is 152 cm³/mol. The predicted octanol–water partition coefficient (Wildman–Crippen LogP) is 5.23. The molecule has 0 fully saturated rings. The summed E-state index contributed by atoms with van der Waals surface area (Å²) in [5.41, 5.74) is 3.29. The van der Waals surface area contributed by atoms with Gasteiger partial charge in [-0.15, -0.1) is 0 Å². The van der Waals surface area contributed by atoms with Crippen LogP contribution in [0.15, 0.2) is 85.1 Å². The number of fused-ring (bicyclic) bond motifs is 1. The maximum Gasteiger partial charge on any atom is 0.185 e. The Hall–Kier alpha value is -3.91. The maximum absolute atomic E-state index is 12.4. The van der Waals surface area contributed by atoms with Gasteiger partial charge in [0.2, 0.25) is 0 Å². The van der Waals surface area contributed by atoms with Crippen LogP contribution in [-0.4, -0.2) is 55.3 Å². The Morgan fingerprint density at radius 1 is 1.03 bits per heavy atom. The molecule has 196 valence electrons. The van der Waals surface area contributed by atoms with Crippen LogP contribution in [0, 0.1) is 0 Å². The highest BCUT2D eigenvalue weighted by atomic mass is 35.5. The third kappa shape index (κ3) is 7.79. The van der Waals surface area contributed by atoms with Gasteiger partial charge in [0.25, 0.3) is 0 Å². The standard InChI is InChI=1S/C30H30ClN3O4/c1-37-25-8-2-21(3-9-25)4-13-30(36)22-5-10-26(11-6-22)38-20-24(35)19-32-16-17-34-28-14-15-33-29-18-23(31)7-12-27(28)29/h2-15,18,24,32,35H,16-17,19-20H2,1H3,(H,33,34)/b13-4+.